The number of imidazole rings is 1. The molecule has 2 aromatic carbocycles. The second-order valence-electron chi connectivity index (χ2n) is 6.43. The average Bonchev–Trinajstić information content (AvgIpc) is 2.99. The fraction of sp³-hybridized carbons (Fsp3) is 0.0952. The minimum Gasteiger partial charge on any atom is -0.350 e. The Balaban J connectivity index is 1.64. The van der Waals surface area contributed by atoms with Crippen LogP contribution >= 0.6 is 0 Å². The number of carbonyl (C=O) groups excluding carboxylic acids is 1. The fourth-order valence-corrected chi connectivity index (χ4v) is 3.11. The van der Waals surface area contributed by atoms with E-state index in [9.17, 15) is 18.4 Å². The molecule has 4 rings (SSSR count). The van der Waals surface area contributed by atoms with E-state index in [1.165, 1.54) is 51.7 Å². The summed E-state index contributed by atoms with van der Waals surface area (Å²) in [5, 5.41) is 2.68. The molecule has 2 aromatic heterocycles. The zero-order chi connectivity index (χ0) is 20.4. The highest BCUT2D eigenvalue weighted by atomic mass is 19.1. The van der Waals surface area contributed by atoms with Gasteiger partial charge >= 0.3 is 5.69 Å². The first-order valence-electron chi connectivity index (χ1n) is 8.86. The summed E-state index contributed by atoms with van der Waals surface area (Å²) < 4.78 is 29.1. The van der Waals surface area contributed by atoms with Gasteiger partial charge in [-0.15, -0.1) is 0 Å². The number of aromatic nitrogens is 3. The quantitative estimate of drug-likeness (QED) is 0.566. The van der Waals surface area contributed by atoms with Crippen LogP contribution in [0.2, 0.25) is 0 Å². The van der Waals surface area contributed by atoms with Crippen molar-refractivity contribution in [3.63, 3.8) is 0 Å². The monoisotopic (exact) mass is 394 g/mol. The first-order valence-corrected chi connectivity index (χ1v) is 8.86. The zero-order valence-corrected chi connectivity index (χ0v) is 15.2. The van der Waals surface area contributed by atoms with Gasteiger partial charge in [-0.25, -0.2) is 23.1 Å². The number of pyridine rings is 1. The van der Waals surface area contributed by atoms with Crippen LogP contribution in [0.3, 0.4) is 0 Å². The van der Waals surface area contributed by atoms with Crippen molar-refractivity contribution in [3.8, 4) is 5.69 Å². The summed E-state index contributed by atoms with van der Waals surface area (Å²) in [6.07, 6.45) is 1.54. The Morgan fingerprint density at radius 2 is 1.79 bits per heavy atom. The Labute approximate surface area is 164 Å². The summed E-state index contributed by atoms with van der Waals surface area (Å²) >= 11 is 0. The number of nitrogens with zero attached hydrogens (tertiary/aromatic N) is 3. The molecular formula is C21H16F2N4O2. The van der Waals surface area contributed by atoms with Gasteiger partial charge in [0.1, 0.15) is 18.2 Å². The van der Waals surface area contributed by atoms with Gasteiger partial charge in [0.05, 0.1) is 11.2 Å². The standard InChI is InChI=1S/C21H16F2N4O2/c22-15-6-8-17(9-7-15)27-20-18(5-2-10-24-20)26(21(27)29)13-19(28)25-12-14-3-1-4-16(23)11-14/h1-11H,12-13H2,(H,25,28). The van der Waals surface area contributed by atoms with Gasteiger partial charge in [-0.1, -0.05) is 12.1 Å². The molecule has 0 bridgehead atoms. The van der Waals surface area contributed by atoms with E-state index in [0.29, 0.717) is 22.4 Å². The Bertz CT molecular complexity index is 1250. The number of benzene rings is 2. The van der Waals surface area contributed by atoms with E-state index in [1.54, 1.807) is 24.3 Å². The average molecular weight is 394 g/mol. The topological polar surface area (TPSA) is 68.9 Å². The van der Waals surface area contributed by atoms with Crippen LogP contribution in [0.25, 0.3) is 16.9 Å². The third-order valence-electron chi connectivity index (χ3n) is 4.46. The number of rotatable bonds is 5. The van der Waals surface area contributed by atoms with E-state index in [0.717, 1.165) is 0 Å². The molecule has 0 saturated carbocycles. The van der Waals surface area contributed by atoms with Crippen molar-refractivity contribution in [2.24, 2.45) is 0 Å². The first kappa shape index (κ1) is 18.5. The SMILES string of the molecule is O=C(Cn1c(=O)n(-c2ccc(F)cc2)c2ncccc21)NCc1cccc(F)c1. The normalized spacial score (nSPS) is 11.0. The van der Waals surface area contributed by atoms with Crippen molar-refractivity contribution in [1.82, 2.24) is 19.4 Å². The molecule has 0 aliphatic carbocycles. The molecule has 1 N–H and O–H groups in total. The van der Waals surface area contributed by atoms with Crippen LogP contribution in [-0.4, -0.2) is 20.0 Å². The maximum atomic E-state index is 13.3. The molecule has 29 heavy (non-hydrogen) atoms. The number of hydrogen-bond donors (Lipinski definition) is 1. The van der Waals surface area contributed by atoms with E-state index >= 15 is 0 Å². The van der Waals surface area contributed by atoms with Gasteiger partial charge in [-0.3, -0.25) is 9.36 Å². The Kier molecular flexibility index (Phi) is 4.90. The summed E-state index contributed by atoms with van der Waals surface area (Å²) in [6, 6.07) is 14.7. The van der Waals surface area contributed by atoms with Crippen molar-refractivity contribution in [3.05, 3.63) is 94.5 Å². The molecule has 6 nitrogen and oxygen atoms in total. The molecule has 2 heterocycles. The molecule has 0 fully saturated rings. The van der Waals surface area contributed by atoms with Crippen LogP contribution in [-0.2, 0) is 17.9 Å². The van der Waals surface area contributed by atoms with Crippen LogP contribution < -0.4 is 11.0 Å². The molecule has 0 saturated heterocycles. The third kappa shape index (κ3) is 3.77. The Morgan fingerprint density at radius 1 is 1.00 bits per heavy atom. The molecule has 146 valence electrons. The van der Waals surface area contributed by atoms with E-state index in [1.807, 2.05) is 0 Å². The molecule has 0 radical (unpaired) electrons. The molecule has 0 atom stereocenters. The van der Waals surface area contributed by atoms with E-state index in [4.69, 9.17) is 0 Å². The third-order valence-corrected chi connectivity index (χ3v) is 4.46. The lowest BCUT2D eigenvalue weighted by molar-refractivity contribution is -0.121. The minimum atomic E-state index is -0.466. The van der Waals surface area contributed by atoms with Crippen LogP contribution in [0.1, 0.15) is 5.56 Å². The van der Waals surface area contributed by atoms with Gasteiger partial charge in [0.15, 0.2) is 5.65 Å². The van der Waals surface area contributed by atoms with Crippen LogP contribution in [0.15, 0.2) is 71.7 Å². The van der Waals surface area contributed by atoms with E-state index < -0.39 is 17.4 Å². The lowest BCUT2D eigenvalue weighted by atomic mass is 10.2. The predicted molar refractivity (Wildman–Crippen MR) is 104 cm³/mol. The number of amides is 1. The summed E-state index contributed by atoms with van der Waals surface area (Å²) in [5.74, 6) is -1.21. The van der Waals surface area contributed by atoms with Gasteiger partial charge in [0.25, 0.3) is 0 Å². The number of nitrogens with one attached hydrogen (secondary N) is 1. The highest BCUT2D eigenvalue weighted by molar-refractivity contribution is 5.80. The lowest BCUT2D eigenvalue weighted by Gasteiger charge is -2.06. The molecule has 8 heteroatoms. The molecular weight excluding hydrogens is 378 g/mol. The van der Waals surface area contributed by atoms with Crippen molar-refractivity contribution < 1.29 is 13.6 Å². The summed E-state index contributed by atoms with van der Waals surface area (Å²) in [4.78, 5) is 29.7. The molecule has 0 aliphatic rings. The maximum absolute atomic E-state index is 13.3. The van der Waals surface area contributed by atoms with Gasteiger partial charge in [-0.2, -0.15) is 0 Å². The Morgan fingerprint density at radius 3 is 2.55 bits per heavy atom. The van der Waals surface area contributed by atoms with Crippen LogP contribution in [0, 0.1) is 11.6 Å². The number of halogens is 2. The van der Waals surface area contributed by atoms with E-state index in [-0.39, 0.29) is 18.9 Å². The summed E-state index contributed by atoms with van der Waals surface area (Å²) in [6.45, 7) is -0.0925. The second kappa shape index (κ2) is 7.67. The largest absolute Gasteiger partial charge is 0.350 e. The van der Waals surface area contributed by atoms with Crippen LogP contribution in [0.5, 0.6) is 0 Å². The first-order chi connectivity index (χ1) is 14.0. The van der Waals surface area contributed by atoms with Gasteiger partial charge in [-0.05, 0) is 54.1 Å². The maximum Gasteiger partial charge on any atom is 0.335 e. The van der Waals surface area contributed by atoms with E-state index in [2.05, 4.69) is 10.3 Å². The summed E-state index contributed by atoms with van der Waals surface area (Å²) in [5.41, 5.74) is 1.43. The van der Waals surface area contributed by atoms with Crippen molar-refractivity contribution >= 4 is 17.1 Å². The van der Waals surface area contributed by atoms with Crippen molar-refractivity contribution in [2.45, 2.75) is 13.1 Å². The fourth-order valence-electron chi connectivity index (χ4n) is 3.11. The lowest BCUT2D eigenvalue weighted by Crippen LogP contribution is -2.32. The number of fused-ring (bicyclic) bond motifs is 1. The number of carbonyl (C=O) groups is 1. The van der Waals surface area contributed by atoms with Gasteiger partial charge < -0.3 is 5.32 Å². The molecule has 0 aliphatic heterocycles. The second-order valence-corrected chi connectivity index (χ2v) is 6.43. The summed E-state index contributed by atoms with van der Waals surface area (Å²) in [7, 11) is 0. The highest BCUT2D eigenvalue weighted by Crippen LogP contribution is 2.16. The zero-order valence-electron chi connectivity index (χ0n) is 15.2. The molecule has 0 unspecified atom stereocenters. The van der Waals surface area contributed by atoms with Gasteiger partial charge in [0.2, 0.25) is 5.91 Å². The molecule has 4 aromatic rings. The number of hydrogen-bond acceptors (Lipinski definition) is 3. The highest BCUT2D eigenvalue weighted by Gasteiger charge is 2.17. The van der Waals surface area contributed by atoms with Crippen molar-refractivity contribution in [1.29, 1.82) is 0 Å². The van der Waals surface area contributed by atoms with Gasteiger partial charge in [0, 0.05) is 12.7 Å². The van der Waals surface area contributed by atoms with Crippen LogP contribution in [0.4, 0.5) is 8.78 Å². The molecule has 0 spiro atoms. The molecule has 1 amide bonds. The minimum absolute atomic E-state index is 0.139. The Hall–Kier alpha value is -3.81. The van der Waals surface area contributed by atoms with Crippen molar-refractivity contribution in [2.75, 3.05) is 0 Å². The predicted octanol–water partition coefficient (Wildman–Crippen LogP) is 2.78. The smallest absolute Gasteiger partial charge is 0.335 e.